The quantitative estimate of drug-likeness (QED) is 0.463. The molecule has 1 aromatic carbocycles. The zero-order chi connectivity index (χ0) is 16.5. The highest BCUT2D eigenvalue weighted by Gasteiger charge is 2.05. The second-order valence-corrected chi connectivity index (χ2v) is 6.40. The first-order valence-corrected chi connectivity index (χ1v) is 9.07. The summed E-state index contributed by atoms with van der Waals surface area (Å²) in [7, 11) is 1.81. The summed E-state index contributed by atoms with van der Waals surface area (Å²) in [6, 6.07) is 8.53. The Balaban J connectivity index is 1.81. The average molecular weight is 331 g/mol. The van der Waals surface area contributed by atoms with Crippen LogP contribution in [0, 0.1) is 6.92 Å². The molecule has 2 N–H and O–H groups in total. The van der Waals surface area contributed by atoms with E-state index in [0.717, 1.165) is 42.6 Å². The molecule has 0 saturated carbocycles. The number of benzene rings is 1. The summed E-state index contributed by atoms with van der Waals surface area (Å²) >= 11 is 1.71. The van der Waals surface area contributed by atoms with Crippen molar-refractivity contribution in [2.75, 3.05) is 20.1 Å². The summed E-state index contributed by atoms with van der Waals surface area (Å²) in [6.07, 6.45) is 3.24. The van der Waals surface area contributed by atoms with E-state index in [0.29, 0.717) is 0 Å². The lowest BCUT2D eigenvalue weighted by molar-refractivity contribution is 0.725. The lowest BCUT2D eigenvalue weighted by Crippen LogP contribution is -2.38. The number of unbranched alkanes of at least 4 members (excludes halogenated alkanes) is 1. The number of nitrogens with zero attached hydrogens (tertiary/aromatic N) is 2. The summed E-state index contributed by atoms with van der Waals surface area (Å²) in [4.78, 5) is 8.96. The van der Waals surface area contributed by atoms with Gasteiger partial charge in [0.1, 0.15) is 5.01 Å². The van der Waals surface area contributed by atoms with E-state index >= 15 is 0 Å². The minimum absolute atomic E-state index is 0.836. The van der Waals surface area contributed by atoms with Gasteiger partial charge in [-0.1, -0.05) is 43.2 Å². The van der Waals surface area contributed by atoms with E-state index in [4.69, 9.17) is 4.98 Å². The first-order valence-electron chi connectivity index (χ1n) is 8.19. The van der Waals surface area contributed by atoms with Crippen LogP contribution in [0.15, 0.2) is 34.6 Å². The van der Waals surface area contributed by atoms with Gasteiger partial charge in [-0.05, 0) is 13.3 Å². The van der Waals surface area contributed by atoms with Gasteiger partial charge in [0.25, 0.3) is 0 Å². The highest BCUT2D eigenvalue weighted by Crippen LogP contribution is 2.24. The van der Waals surface area contributed by atoms with Crippen molar-refractivity contribution in [3.05, 3.63) is 40.9 Å². The zero-order valence-electron chi connectivity index (χ0n) is 14.2. The number of rotatable bonds is 7. The molecule has 2 aromatic rings. The summed E-state index contributed by atoms with van der Waals surface area (Å²) in [5, 5.41) is 9.88. The lowest BCUT2D eigenvalue weighted by Gasteiger charge is -2.10. The predicted molar refractivity (Wildman–Crippen MR) is 100 cm³/mol. The van der Waals surface area contributed by atoms with E-state index < -0.39 is 0 Å². The number of hydrogen-bond donors (Lipinski definition) is 2. The molecule has 0 saturated heterocycles. The number of thiazole rings is 1. The number of guanidine groups is 1. The highest BCUT2D eigenvalue weighted by molar-refractivity contribution is 7.13. The molecule has 5 heteroatoms. The topological polar surface area (TPSA) is 49.3 Å². The molecule has 0 amide bonds. The van der Waals surface area contributed by atoms with Crippen LogP contribution < -0.4 is 10.6 Å². The van der Waals surface area contributed by atoms with E-state index in [1.165, 1.54) is 17.5 Å². The van der Waals surface area contributed by atoms with Gasteiger partial charge in [-0.3, -0.25) is 4.99 Å². The molecule has 0 fully saturated rings. The Morgan fingerprint density at radius 1 is 1.17 bits per heavy atom. The van der Waals surface area contributed by atoms with Gasteiger partial charge in [0.15, 0.2) is 5.96 Å². The van der Waals surface area contributed by atoms with Crippen molar-refractivity contribution >= 4 is 17.3 Å². The van der Waals surface area contributed by atoms with Crippen molar-refractivity contribution in [2.45, 2.75) is 33.1 Å². The van der Waals surface area contributed by atoms with Gasteiger partial charge in [0.05, 0.1) is 5.69 Å². The Bertz CT molecular complexity index is 616. The fourth-order valence-corrected chi connectivity index (χ4v) is 3.02. The Hall–Kier alpha value is -1.88. The fourth-order valence-electron chi connectivity index (χ4n) is 2.16. The summed E-state index contributed by atoms with van der Waals surface area (Å²) in [5.41, 5.74) is 3.59. The van der Waals surface area contributed by atoms with Crippen LogP contribution in [-0.2, 0) is 6.42 Å². The van der Waals surface area contributed by atoms with Crippen molar-refractivity contribution < 1.29 is 0 Å². The Kier molecular flexibility index (Phi) is 7.07. The molecule has 0 aliphatic heterocycles. The maximum Gasteiger partial charge on any atom is 0.190 e. The lowest BCUT2D eigenvalue weighted by atomic mass is 10.2. The molecule has 124 valence electrons. The molecule has 0 unspecified atom stereocenters. The smallest absolute Gasteiger partial charge is 0.190 e. The van der Waals surface area contributed by atoms with Crippen LogP contribution >= 0.6 is 11.3 Å². The molecular formula is C18H26N4S. The van der Waals surface area contributed by atoms with Crippen molar-refractivity contribution in [1.82, 2.24) is 15.6 Å². The van der Waals surface area contributed by atoms with Gasteiger partial charge in [-0.2, -0.15) is 0 Å². The van der Waals surface area contributed by atoms with Gasteiger partial charge in [0.2, 0.25) is 0 Å². The van der Waals surface area contributed by atoms with Gasteiger partial charge in [-0.15, -0.1) is 11.3 Å². The Morgan fingerprint density at radius 3 is 2.61 bits per heavy atom. The number of nitrogens with one attached hydrogen (secondary N) is 2. The second kappa shape index (κ2) is 9.30. The largest absolute Gasteiger partial charge is 0.356 e. The number of hydrogen-bond acceptors (Lipinski definition) is 3. The number of aromatic nitrogens is 1. The van der Waals surface area contributed by atoms with Crippen molar-refractivity contribution in [2.24, 2.45) is 4.99 Å². The van der Waals surface area contributed by atoms with Crippen LogP contribution in [0.25, 0.3) is 10.6 Å². The zero-order valence-corrected chi connectivity index (χ0v) is 15.0. The third kappa shape index (κ3) is 5.67. The molecule has 1 heterocycles. The fraction of sp³-hybridized carbons (Fsp3) is 0.444. The first-order chi connectivity index (χ1) is 11.2. The molecule has 1 aromatic heterocycles. The van der Waals surface area contributed by atoms with Crippen molar-refractivity contribution in [3.8, 4) is 10.6 Å². The molecule has 4 nitrogen and oxygen atoms in total. The number of aliphatic imine (C=N–C) groups is 1. The molecule has 0 spiro atoms. The normalized spacial score (nSPS) is 11.5. The maximum atomic E-state index is 4.73. The molecule has 2 rings (SSSR count). The summed E-state index contributed by atoms with van der Waals surface area (Å²) in [6.45, 7) is 6.09. The molecule has 23 heavy (non-hydrogen) atoms. The predicted octanol–water partition coefficient (Wildman–Crippen LogP) is 3.63. The molecule has 0 aliphatic rings. The molecular weight excluding hydrogens is 304 g/mol. The SMILES string of the molecule is CCCCNC(=NC)NCCc1csc(-c2ccc(C)cc2)n1. The average Bonchev–Trinajstić information content (AvgIpc) is 3.03. The van der Waals surface area contributed by atoms with E-state index in [2.05, 4.69) is 59.1 Å². The van der Waals surface area contributed by atoms with Crippen LogP contribution in [0.1, 0.15) is 31.0 Å². The van der Waals surface area contributed by atoms with Crippen LogP contribution in [0.5, 0.6) is 0 Å². The van der Waals surface area contributed by atoms with Crippen molar-refractivity contribution in [1.29, 1.82) is 0 Å². The molecule has 0 radical (unpaired) electrons. The second-order valence-electron chi connectivity index (χ2n) is 5.54. The summed E-state index contributed by atoms with van der Waals surface area (Å²) in [5.74, 6) is 0.868. The Morgan fingerprint density at radius 2 is 1.91 bits per heavy atom. The van der Waals surface area contributed by atoms with Crippen molar-refractivity contribution in [3.63, 3.8) is 0 Å². The highest BCUT2D eigenvalue weighted by atomic mass is 32.1. The minimum Gasteiger partial charge on any atom is -0.356 e. The Labute approximate surface area is 143 Å². The first kappa shape index (κ1) is 17.5. The van der Waals surface area contributed by atoms with Crippen LogP contribution in [0.2, 0.25) is 0 Å². The van der Waals surface area contributed by atoms with Gasteiger partial charge >= 0.3 is 0 Å². The van der Waals surface area contributed by atoms with Gasteiger partial charge in [0, 0.05) is 37.5 Å². The third-order valence-electron chi connectivity index (χ3n) is 3.57. The van der Waals surface area contributed by atoms with Crippen LogP contribution in [0.4, 0.5) is 0 Å². The molecule has 0 atom stereocenters. The molecule has 0 bridgehead atoms. The van der Waals surface area contributed by atoms with Gasteiger partial charge in [-0.25, -0.2) is 4.98 Å². The monoisotopic (exact) mass is 330 g/mol. The molecule has 0 aliphatic carbocycles. The van der Waals surface area contributed by atoms with E-state index in [9.17, 15) is 0 Å². The summed E-state index contributed by atoms with van der Waals surface area (Å²) < 4.78 is 0. The van der Waals surface area contributed by atoms with Crippen LogP contribution in [0.3, 0.4) is 0 Å². The maximum absolute atomic E-state index is 4.73. The van der Waals surface area contributed by atoms with E-state index in [1.54, 1.807) is 18.4 Å². The van der Waals surface area contributed by atoms with Crippen LogP contribution in [-0.4, -0.2) is 31.1 Å². The van der Waals surface area contributed by atoms with E-state index in [-0.39, 0.29) is 0 Å². The minimum atomic E-state index is 0.836. The van der Waals surface area contributed by atoms with Gasteiger partial charge < -0.3 is 10.6 Å². The van der Waals surface area contributed by atoms with E-state index in [1.807, 2.05) is 0 Å². The third-order valence-corrected chi connectivity index (χ3v) is 4.51. The number of aryl methyl sites for hydroxylation is 1. The standard InChI is InChI=1S/C18H26N4S/c1-4-5-11-20-18(19-3)21-12-10-16-13-23-17(22-16)15-8-6-14(2)7-9-15/h6-9,13H,4-5,10-12H2,1-3H3,(H2,19,20,21).